The van der Waals surface area contributed by atoms with Gasteiger partial charge in [-0.3, -0.25) is 4.79 Å². The minimum absolute atomic E-state index is 0.00529. The van der Waals surface area contributed by atoms with Gasteiger partial charge in [-0.25, -0.2) is 4.79 Å². The Morgan fingerprint density at radius 2 is 1.89 bits per heavy atom. The van der Waals surface area contributed by atoms with E-state index in [-0.39, 0.29) is 11.5 Å². The fourth-order valence-corrected chi connectivity index (χ4v) is 1.68. The topological polar surface area (TPSA) is 79.4 Å². The number of ether oxygens (including phenoxy) is 1. The maximum Gasteiger partial charge on any atom is 0.352 e. The molecule has 2 aromatic rings. The van der Waals surface area contributed by atoms with E-state index < -0.39 is 5.97 Å². The van der Waals surface area contributed by atoms with Crippen LogP contribution >= 0.6 is 0 Å². The summed E-state index contributed by atoms with van der Waals surface area (Å²) in [5.74, 6) is -0.628. The van der Waals surface area contributed by atoms with Crippen molar-refractivity contribution in [2.24, 2.45) is 0 Å². The second-order valence-electron chi connectivity index (χ2n) is 3.89. The highest BCUT2D eigenvalue weighted by atomic mass is 16.5. The minimum atomic E-state index is -1.09. The van der Waals surface area contributed by atoms with Crippen LogP contribution in [0, 0.1) is 0 Å². The summed E-state index contributed by atoms with van der Waals surface area (Å²) in [5.41, 5.74) is 0.801. The van der Waals surface area contributed by atoms with Crippen LogP contribution in [0.25, 0.3) is 0 Å². The number of hydrogen-bond acceptors (Lipinski definition) is 3. The monoisotopic (exact) mass is 259 g/mol. The van der Waals surface area contributed by atoms with Crippen molar-refractivity contribution in [2.75, 3.05) is 6.61 Å². The molecule has 0 unspecified atom stereocenters. The summed E-state index contributed by atoms with van der Waals surface area (Å²) in [6.07, 6.45) is 1.39. The number of carboxylic acids is 1. The lowest BCUT2D eigenvalue weighted by Gasteiger charge is -2.03. The number of aromatic nitrogens is 1. The Kier molecular flexibility index (Phi) is 3.66. The fourth-order valence-electron chi connectivity index (χ4n) is 1.68. The molecule has 5 nitrogen and oxygen atoms in total. The Morgan fingerprint density at radius 1 is 1.21 bits per heavy atom. The Balaban J connectivity index is 2.20. The van der Waals surface area contributed by atoms with Crippen LogP contribution in [0.2, 0.25) is 0 Å². The van der Waals surface area contributed by atoms with Crippen molar-refractivity contribution in [1.82, 2.24) is 4.98 Å². The molecule has 2 N–H and O–H groups in total. The van der Waals surface area contributed by atoms with E-state index in [1.54, 1.807) is 24.3 Å². The standard InChI is InChI=1S/C14H13NO4/c1-2-19-11-5-3-9(4-6-11)13(16)10-7-12(14(17)18)15-8-10/h3-8,15H,2H2,1H3,(H,17,18). The molecule has 0 radical (unpaired) electrons. The molecule has 0 amide bonds. The summed E-state index contributed by atoms with van der Waals surface area (Å²) >= 11 is 0. The summed E-state index contributed by atoms with van der Waals surface area (Å²) in [6.45, 7) is 2.44. The number of rotatable bonds is 5. The molecule has 1 aromatic heterocycles. The number of H-pyrrole nitrogens is 1. The lowest BCUT2D eigenvalue weighted by molar-refractivity contribution is 0.0691. The van der Waals surface area contributed by atoms with E-state index in [1.165, 1.54) is 12.3 Å². The fraction of sp³-hybridized carbons (Fsp3) is 0.143. The van der Waals surface area contributed by atoms with Crippen LogP contribution in [-0.2, 0) is 0 Å². The molecule has 0 fully saturated rings. The summed E-state index contributed by atoms with van der Waals surface area (Å²) in [7, 11) is 0. The van der Waals surface area contributed by atoms with Crippen LogP contribution in [0.5, 0.6) is 5.75 Å². The molecule has 98 valence electrons. The van der Waals surface area contributed by atoms with Gasteiger partial charge in [0.1, 0.15) is 11.4 Å². The third-order valence-electron chi connectivity index (χ3n) is 2.60. The number of aromatic amines is 1. The zero-order valence-corrected chi connectivity index (χ0v) is 10.3. The number of carbonyl (C=O) groups excluding carboxylic acids is 1. The molecule has 0 spiro atoms. The molecule has 0 saturated carbocycles. The van der Waals surface area contributed by atoms with E-state index in [9.17, 15) is 9.59 Å². The smallest absolute Gasteiger partial charge is 0.352 e. The van der Waals surface area contributed by atoms with Crippen LogP contribution in [0.1, 0.15) is 33.3 Å². The van der Waals surface area contributed by atoms with E-state index in [0.717, 1.165) is 0 Å². The third-order valence-corrected chi connectivity index (χ3v) is 2.60. The predicted molar refractivity (Wildman–Crippen MR) is 68.8 cm³/mol. The van der Waals surface area contributed by atoms with E-state index in [0.29, 0.717) is 23.5 Å². The van der Waals surface area contributed by atoms with Gasteiger partial charge in [0.15, 0.2) is 5.78 Å². The first kappa shape index (κ1) is 12.9. The van der Waals surface area contributed by atoms with E-state index in [2.05, 4.69) is 4.98 Å². The van der Waals surface area contributed by atoms with Gasteiger partial charge in [-0.1, -0.05) is 0 Å². The first-order valence-corrected chi connectivity index (χ1v) is 5.81. The molecule has 0 saturated heterocycles. The van der Waals surface area contributed by atoms with Gasteiger partial charge in [0.05, 0.1) is 6.61 Å². The number of carbonyl (C=O) groups is 2. The van der Waals surface area contributed by atoms with E-state index in [4.69, 9.17) is 9.84 Å². The van der Waals surface area contributed by atoms with Crippen LogP contribution < -0.4 is 4.74 Å². The van der Waals surface area contributed by atoms with Gasteiger partial charge in [0.25, 0.3) is 0 Å². The van der Waals surface area contributed by atoms with Crippen LogP contribution in [0.4, 0.5) is 0 Å². The van der Waals surface area contributed by atoms with Crippen LogP contribution in [-0.4, -0.2) is 28.4 Å². The largest absolute Gasteiger partial charge is 0.494 e. The Hall–Kier alpha value is -2.56. The van der Waals surface area contributed by atoms with Gasteiger partial charge in [-0.05, 0) is 37.3 Å². The number of carboxylic acid groups (broad SMARTS) is 1. The van der Waals surface area contributed by atoms with Crippen LogP contribution in [0.15, 0.2) is 36.5 Å². The van der Waals surface area contributed by atoms with Crippen molar-refractivity contribution in [3.63, 3.8) is 0 Å². The van der Waals surface area contributed by atoms with Crippen molar-refractivity contribution >= 4 is 11.8 Å². The summed E-state index contributed by atoms with van der Waals surface area (Å²) in [6, 6.07) is 8.05. The summed E-state index contributed by atoms with van der Waals surface area (Å²) in [4.78, 5) is 25.4. The highest BCUT2D eigenvalue weighted by Crippen LogP contribution is 2.16. The molecular weight excluding hydrogens is 246 g/mol. The number of ketones is 1. The van der Waals surface area contributed by atoms with Gasteiger partial charge >= 0.3 is 5.97 Å². The lowest BCUT2D eigenvalue weighted by atomic mass is 10.1. The van der Waals surface area contributed by atoms with Crippen LogP contribution in [0.3, 0.4) is 0 Å². The zero-order chi connectivity index (χ0) is 13.8. The van der Waals surface area contributed by atoms with Crippen molar-refractivity contribution in [3.05, 3.63) is 53.3 Å². The number of nitrogens with one attached hydrogen (secondary N) is 1. The minimum Gasteiger partial charge on any atom is -0.494 e. The maximum absolute atomic E-state index is 12.1. The molecule has 0 bridgehead atoms. The maximum atomic E-state index is 12.1. The van der Waals surface area contributed by atoms with Gasteiger partial charge < -0.3 is 14.8 Å². The number of benzene rings is 1. The second kappa shape index (κ2) is 5.39. The quantitative estimate of drug-likeness (QED) is 0.808. The third kappa shape index (κ3) is 2.82. The highest BCUT2D eigenvalue weighted by molar-refractivity contribution is 6.09. The average molecular weight is 259 g/mol. The van der Waals surface area contributed by atoms with Gasteiger partial charge in [0, 0.05) is 17.3 Å². The van der Waals surface area contributed by atoms with Gasteiger partial charge in [-0.2, -0.15) is 0 Å². The van der Waals surface area contributed by atoms with E-state index in [1.807, 2.05) is 6.92 Å². The average Bonchev–Trinajstić information content (AvgIpc) is 2.89. The number of aromatic carboxylic acids is 1. The molecule has 0 aliphatic carbocycles. The van der Waals surface area contributed by atoms with Crippen molar-refractivity contribution < 1.29 is 19.4 Å². The molecule has 0 aliphatic rings. The molecule has 1 aromatic carbocycles. The normalized spacial score (nSPS) is 10.2. The van der Waals surface area contributed by atoms with Gasteiger partial charge in [0.2, 0.25) is 0 Å². The zero-order valence-electron chi connectivity index (χ0n) is 10.3. The first-order chi connectivity index (χ1) is 9.11. The SMILES string of the molecule is CCOc1ccc(C(=O)c2c[nH]c(C(=O)O)c2)cc1. The Morgan fingerprint density at radius 3 is 2.42 bits per heavy atom. The van der Waals surface area contributed by atoms with Crippen molar-refractivity contribution in [2.45, 2.75) is 6.92 Å². The predicted octanol–water partition coefficient (Wildman–Crippen LogP) is 2.34. The summed E-state index contributed by atoms with van der Waals surface area (Å²) in [5, 5.41) is 8.79. The number of hydrogen-bond donors (Lipinski definition) is 2. The molecule has 19 heavy (non-hydrogen) atoms. The summed E-state index contributed by atoms with van der Waals surface area (Å²) < 4.78 is 5.29. The second-order valence-corrected chi connectivity index (χ2v) is 3.89. The van der Waals surface area contributed by atoms with Crippen molar-refractivity contribution in [1.29, 1.82) is 0 Å². The Bertz CT molecular complexity index is 598. The van der Waals surface area contributed by atoms with E-state index >= 15 is 0 Å². The molecular formula is C14H13NO4. The Labute approximate surface area is 109 Å². The molecule has 1 heterocycles. The highest BCUT2D eigenvalue weighted by Gasteiger charge is 2.13. The lowest BCUT2D eigenvalue weighted by Crippen LogP contribution is -2.00. The first-order valence-electron chi connectivity index (χ1n) is 5.81. The van der Waals surface area contributed by atoms with Crippen molar-refractivity contribution in [3.8, 4) is 5.75 Å². The molecule has 0 aliphatic heterocycles. The molecule has 0 atom stereocenters. The molecule has 5 heteroatoms. The molecule has 2 rings (SSSR count). The van der Waals surface area contributed by atoms with Gasteiger partial charge in [-0.15, -0.1) is 0 Å².